The molecule has 0 unspecified atom stereocenters. The molecule has 0 saturated carbocycles. The average Bonchev–Trinajstić information content (AvgIpc) is 3.29. The lowest BCUT2D eigenvalue weighted by atomic mass is 10.0. The summed E-state index contributed by atoms with van der Waals surface area (Å²) < 4.78 is 11.0. The van der Waals surface area contributed by atoms with Gasteiger partial charge in [-0.3, -0.25) is 14.5 Å². The van der Waals surface area contributed by atoms with Crippen LogP contribution in [0.4, 0.5) is 0 Å². The fraction of sp³-hybridized carbons (Fsp3) is 0.318. The van der Waals surface area contributed by atoms with Crippen molar-refractivity contribution in [1.29, 1.82) is 0 Å². The highest BCUT2D eigenvalue weighted by atomic mass is 32.2. The molecule has 162 valence electrons. The minimum atomic E-state index is -0.708. The standard InChI is InChI=1S/C22H22N2O5S2/c1-13-18(21(27)29-12-14-7-4-3-5-8-14)24-19(26)17(20(24)31-22(13)28-2)23-16(25)11-15-9-6-10-30-15/h3-10,17,20,22H,11-12H2,1-2H3,(H,23,25)/t17-,20-,22-/m0/s1. The fourth-order valence-corrected chi connectivity index (χ4v) is 5.64. The van der Waals surface area contributed by atoms with Crippen LogP contribution in [0.3, 0.4) is 0 Å². The normalized spacial score (nSPS) is 22.6. The van der Waals surface area contributed by atoms with E-state index in [0.717, 1.165) is 10.4 Å². The third kappa shape index (κ3) is 4.39. The molecule has 0 aliphatic carbocycles. The summed E-state index contributed by atoms with van der Waals surface area (Å²) in [5.74, 6) is -1.13. The van der Waals surface area contributed by atoms with Gasteiger partial charge in [0.25, 0.3) is 5.91 Å². The van der Waals surface area contributed by atoms with Gasteiger partial charge in [0.1, 0.15) is 29.2 Å². The first-order chi connectivity index (χ1) is 15.0. The number of fused-ring (bicyclic) bond motifs is 1. The van der Waals surface area contributed by atoms with E-state index in [2.05, 4.69) is 5.32 Å². The van der Waals surface area contributed by atoms with Gasteiger partial charge in [0.15, 0.2) is 0 Å². The van der Waals surface area contributed by atoms with Crippen molar-refractivity contribution in [3.8, 4) is 0 Å². The number of esters is 1. The summed E-state index contributed by atoms with van der Waals surface area (Å²) in [5, 5.41) is 4.29. The number of methoxy groups -OCH3 is 1. The van der Waals surface area contributed by atoms with Crippen molar-refractivity contribution >= 4 is 40.9 Å². The first-order valence-corrected chi connectivity index (χ1v) is 11.6. The third-order valence-corrected chi connectivity index (χ3v) is 7.56. The summed E-state index contributed by atoms with van der Waals surface area (Å²) in [6.07, 6.45) is 0.216. The molecule has 4 rings (SSSR count). The van der Waals surface area contributed by atoms with Gasteiger partial charge in [0.05, 0.1) is 6.42 Å². The largest absolute Gasteiger partial charge is 0.456 e. The lowest BCUT2D eigenvalue weighted by Gasteiger charge is -2.51. The maximum Gasteiger partial charge on any atom is 0.355 e. The number of carbonyl (C=O) groups excluding carboxylic acids is 3. The van der Waals surface area contributed by atoms with Crippen LogP contribution in [0, 0.1) is 0 Å². The van der Waals surface area contributed by atoms with Gasteiger partial charge in [0, 0.05) is 12.0 Å². The highest BCUT2D eigenvalue weighted by Gasteiger charge is 2.56. The molecule has 31 heavy (non-hydrogen) atoms. The number of thioether (sulfide) groups is 1. The maximum atomic E-state index is 12.9. The number of benzene rings is 1. The second-order valence-corrected chi connectivity index (χ2v) is 9.41. The van der Waals surface area contributed by atoms with Gasteiger partial charge in [-0.05, 0) is 29.5 Å². The summed E-state index contributed by atoms with van der Waals surface area (Å²) in [6.45, 7) is 1.86. The Morgan fingerprint density at radius 3 is 2.61 bits per heavy atom. The van der Waals surface area contributed by atoms with Crippen molar-refractivity contribution in [3.63, 3.8) is 0 Å². The molecule has 2 aliphatic rings. The Bertz CT molecular complexity index is 1010. The Kier molecular flexibility index (Phi) is 6.45. The number of hydrogen-bond donors (Lipinski definition) is 1. The maximum absolute atomic E-state index is 12.9. The number of nitrogens with zero attached hydrogens (tertiary/aromatic N) is 1. The molecule has 1 saturated heterocycles. The van der Waals surface area contributed by atoms with Crippen LogP contribution >= 0.6 is 23.1 Å². The van der Waals surface area contributed by atoms with Gasteiger partial charge < -0.3 is 14.8 Å². The van der Waals surface area contributed by atoms with Crippen molar-refractivity contribution in [2.45, 2.75) is 36.8 Å². The zero-order valence-electron chi connectivity index (χ0n) is 17.1. The predicted molar refractivity (Wildman–Crippen MR) is 118 cm³/mol. The topological polar surface area (TPSA) is 84.9 Å². The average molecular weight is 459 g/mol. The number of hydrogen-bond acceptors (Lipinski definition) is 7. The van der Waals surface area contributed by atoms with Crippen molar-refractivity contribution < 1.29 is 23.9 Å². The number of rotatable bonds is 7. The third-order valence-electron chi connectivity index (χ3n) is 5.13. The molecule has 7 nitrogen and oxygen atoms in total. The summed E-state index contributed by atoms with van der Waals surface area (Å²) in [7, 11) is 1.55. The van der Waals surface area contributed by atoms with Gasteiger partial charge in [-0.1, -0.05) is 48.2 Å². The smallest absolute Gasteiger partial charge is 0.355 e. The van der Waals surface area contributed by atoms with Crippen LogP contribution in [0.2, 0.25) is 0 Å². The van der Waals surface area contributed by atoms with Crippen molar-refractivity contribution in [2.75, 3.05) is 7.11 Å². The van der Waals surface area contributed by atoms with E-state index in [9.17, 15) is 14.4 Å². The van der Waals surface area contributed by atoms with E-state index in [0.29, 0.717) is 5.57 Å². The van der Waals surface area contributed by atoms with E-state index in [1.54, 1.807) is 14.0 Å². The van der Waals surface area contributed by atoms with Crippen LogP contribution in [0.25, 0.3) is 0 Å². The molecule has 2 aromatic rings. The Morgan fingerprint density at radius 2 is 1.94 bits per heavy atom. The zero-order valence-corrected chi connectivity index (χ0v) is 18.7. The SMILES string of the molecule is CO[C@H]1S[C@H]2[C@@H](NC(=O)Cc3cccs3)C(=O)N2C(C(=O)OCc2ccccc2)=C1C. The van der Waals surface area contributed by atoms with E-state index in [-0.39, 0.29) is 30.5 Å². The van der Waals surface area contributed by atoms with Crippen LogP contribution in [-0.4, -0.2) is 46.6 Å². The molecular weight excluding hydrogens is 436 g/mol. The second-order valence-electron chi connectivity index (χ2n) is 7.20. The highest BCUT2D eigenvalue weighted by molar-refractivity contribution is 8.00. The number of ether oxygens (including phenoxy) is 2. The van der Waals surface area contributed by atoms with Crippen molar-refractivity contribution in [2.24, 2.45) is 0 Å². The molecule has 1 fully saturated rings. The van der Waals surface area contributed by atoms with E-state index >= 15 is 0 Å². The summed E-state index contributed by atoms with van der Waals surface area (Å²) >= 11 is 2.88. The molecule has 3 atom stereocenters. The molecule has 2 aliphatic heterocycles. The summed E-state index contributed by atoms with van der Waals surface area (Å²) in [6, 6.07) is 12.4. The first kappa shape index (κ1) is 21.6. The molecule has 0 bridgehead atoms. The molecular formula is C22H22N2O5S2. The van der Waals surface area contributed by atoms with Crippen LogP contribution in [0.5, 0.6) is 0 Å². The van der Waals surface area contributed by atoms with Gasteiger partial charge in [-0.15, -0.1) is 11.3 Å². The first-order valence-electron chi connectivity index (χ1n) is 9.74. The number of carbonyl (C=O) groups is 3. The van der Waals surface area contributed by atoms with Crippen LogP contribution < -0.4 is 5.32 Å². The molecule has 2 amide bonds. The molecule has 9 heteroatoms. The molecule has 1 aromatic carbocycles. The monoisotopic (exact) mass is 458 g/mol. The van der Waals surface area contributed by atoms with Crippen molar-refractivity contribution in [1.82, 2.24) is 10.2 Å². The Labute approximate surface area is 188 Å². The lowest BCUT2D eigenvalue weighted by Crippen LogP contribution is -2.71. The quantitative estimate of drug-likeness (QED) is 0.507. The fourth-order valence-electron chi connectivity index (χ4n) is 3.58. The van der Waals surface area contributed by atoms with E-state index < -0.39 is 22.8 Å². The van der Waals surface area contributed by atoms with Gasteiger partial charge >= 0.3 is 5.97 Å². The highest BCUT2D eigenvalue weighted by Crippen LogP contribution is 2.44. The Morgan fingerprint density at radius 1 is 1.16 bits per heavy atom. The van der Waals surface area contributed by atoms with Gasteiger partial charge in [-0.25, -0.2) is 4.79 Å². The molecule has 0 spiro atoms. The molecule has 3 heterocycles. The number of nitrogens with one attached hydrogen (secondary N) is 1. The van der Waals surface area contributed by atoms with Gasteiger partial charge in [0.2, 0.25) is 5.91 Å². The van der Waals surface area contributed by atoms with E-state index in [4.69, 9.17) is 9.47 Å². The van der Waals surface area contributed by atoms with Crippen LogP contribution in [-0.2, 0) is 36.9 Å². The number of thiophene rings is 1. The molecule has 1 N–H and O–H groups in total. The van der Waals surface area contributed by atoms with Crippen LogP contribution in [0.1, 0.15) is 17.4 Å². The molecule has 1 aromatic heterocycles. The van der Waals surface area contributed by atoms with Crippen LogP contribution in [0.15, 0.2) is 59.1 Å². The Balaban J connectivity index is 1.47. The summed E-state index contributed by atoms with van der Waals surface area (Å²) in [5.41, 5.74) is 1.26. The minimum absolute atomic E-state index is 0.106. The van der Waals surface area contributed by atoms with E-state index in [1.165, 1.54) is 28.0 Å². The lowest BCUT2D eigenvalue weighted by molar-refractivity contribution is -0.153. The van der Waals surface area contributed by atoms with E-state index in [1.807, 2.05) is 47.8 Å². The Hall–Kier alpha value is -2.62. The second kappa shape index (κ2) is 9.25. The summed E-state index contributed by atoms with van der Waals surface area (Å²) in [4.78, 5) is 40.5. The minimum Gasteiger partial charge on any atom is -0.456 e. The number of amides is 2. The zero-order chi connectivity index (χ0) is 22.0. The molecule has 0 radical (unpaired) electrons. The number of β-lactam (4-membered cyclic amide) rings is 1. The van der Waals surface area contributed by atoms with Gasteiger partial charge in [-0.2, -0.15) is 0 Å². The van der Waals surface area contributed by atoms with Crippen molar-refractivity contribution in [3.05, 3.63) is 69.6 Å². The predicted octanol–water partition coefficient (Wildman–Crippen LogP) is 2.68.